The Bertz CT molecular complexity index is 361. The average Bonchev–Trinajstić information content (AvgIpc) is 2.57. The molecule has 1 fully saturated rings. The molecule has 1 heterocycles. The Kier molecular flexibility index (Phi) is 3.07. The zero-order valence-corrected chi connectivity index (χ0v) is 8.88. The van der Waals surface area contributed by atoms with Crippen LogP contribution < -0.4 is 10.5 Å². The molecule has 0 amide bonds. The molecular weight excluding hydrogens is 219 g/mol. The van der Waals surface area contributed by atoms with Crippen LogP contribution in [0.2, 0.25) is 5.02 Å². The van der Waals surface area contributed by atoms with Gasteiger partial charge in [0.15, 0.2) is 5.82 Å². The molecule has 3 nitrogen and oxygen atoms in total. The molecule has 0 bridgehead atoms. The van der Waals surface area contributed by atoms with Crippen LogP contribution in [-0.4, -0.2) is 17.1 Å². The fourth-order valence-electron chi connectivity index (χ4n) is 1.73. The van der Waals surface area contributed by atoms with Gasteiger partial charge in [0.25, 0.3) is 5.88 Å². The molecule has 2 N–H and O–H groups in total. The molecule has 15 heavy (non-hydrogen) atoms. The summed E-state index contributed by atoms with van der Waals surface area (Å²) < 4.78 is 18.7. The maximum atomic E-state index is 13.3. The Hall–Kier alpha value is -0.870. The van der Waals surface area contributed by atoms with Crippen molar-refractivity contribution in [3.8, 4) is 5.88 Å². The Morgan fingerprint density at radius 3 is 2.93 bits per heavy atom. The third-order valence-corrected chi connectivity index (χ3v) is 2.75. The van der Waals surface area contributed by atoms with Crippen LogP contribution in [0.15, 0.2) is 12.3 Å². The lowest BCUT2D eigenvalue weighted by Crippen LogP contribution is -2.34. The van der Waals surface area contributed by atoms with Gasteiger partial charge in [-0.1, -0.05) is 11.6 Å². The Morgan fingerprint density at radius 1 is 1.53 bits per heavy atom. The quantitative estimate of drug-likeness (QED) is 0.847. The first-order valence-electron chi connectivity index (χ1n) is 4.90. The van der Waals surface area contributed by atoms with E-state index in [2.05, 4.69) is 4.98 Å². The number of aromatic nitrogens is 1. The SMILES string of the molecule is NC1CCCC1Oc1ncc(Cl)cc1F. The van der Waals surface area contributed by atoms with Gasteiger partial charge >= 0.3 is 0 Å². The van der Waals surface area contributed by atoms with Crippen molar-refractivity contribution in [2.45, 2.75) is 31.4 Å². The summed E-state index contributed by atoms with van der Waals surface area (Å²) in [6.07, 6.45) is 4.01. The summed E-state index contributed by atoms with van der Waals surface area (Å²) in [5.41, 5.74) is 5.81. The molecule has 1 aromatic rings. The van der Waals surface area contributed by atoms with E-state index in [0.29, 0.717) is 0 Å². The molecule has 1 aliphatic carbocycles. The lowest BCUT2D eigenvalue weighted by atomic mass is 10.2. The summed E-state index contributed by atoms with van der Waals surface area (Å²) in [5, 5.41) is 0.260. The van der Waals surface area contributed by atoms with Crippen molar-refractivity contribution in [3.63, 3.8) is 0 Å². The summed E-state index contributed by atoms with van der Waals surface area (Å²) in [6, 6.07) is 1.16. The molecule has 82 valence electrons. The van der Waals surface area contributed by atoms with Gasteiger partial charge in [0.1, 0.15) is 6.10 Å². The lowest BCUT2D eigenvalue weighted by molar-refractivity contribution is 0.175. The van der Waals surface area contributed by atoms with E-state index >= 15 is 0 Å². The number of nitrogens with two attached hydrogens (primary N) is 1. The second-order valence-electron chi connectivity index (χ2n) is 3.69. The minimum Gasteiger partial charge on any atom is -0.471 e. The summed E-state index contributed by atoms with van der Waals surface area (Å²) in [4.78, 5) is 3.79. The highest BCUT2D eigenvalue weighted by molar-refractivity contribution is 6.30. The smallest absolute Gasteiger partial charge is 0.250 e. The number of ether oxygens (including phenoxy) is 1. The number of hydrogen-bond acceptors (Lipinski definition) is 3. The monoisotopic (exact) mass is 230 g/mol. The van der Waals surface area contributed by atoms with Gasteiger partial charge in [-0.15, -0.1) is 0 Å². The third-order valence-electron chi connectivity index (χ3n) is 2.54. The van der Waals surface area contributed by atoms with Gasteiger partial charge in [-0.2, -0.15) is 0 Å². The van der Waals surface area contributed by atoms with Crippen molar-refractivity contribution in [3.05, 3.63) is 23.1 Å². The van der Waals surface area contributed by atoms with E-state index in [9.17, 15) is 4.39 Å². The van der Waals surface area contributed by atoms with E-state index < -0.39 is 5.82 Å². The molecule has 0 saturated heterocycles. The van der Waals surface area contributed by atoms with Crippen molar-refractivity contribution in [1.82, 2.24) is 4.98 Å². The van der Waals surface area contributed by atoms with Crippen LogP contribution in [-0.2, 0) is 0 Å². The molecule has 0 spiro atoms. The van der Waals surface area contributed by atoms with E-state index in [0.717, 1.165) is 19.3 Å². The number of hydrogen-bond donors (Lipinski definition) is 1. The maximum Gasteiger partial charge on any atom is 0.250 e. The molecular formula is C10H12ClFN2O. The highest BCUT2D eigenvalue weighted by atomic mass is 35.5. The average molecular weight is 231 g/mol. The van der Waals surface area contributed by atoms with Gasteiger partial charge < -0.3 is 10.5 Å². The van der Waals surface area contributed by atoms with Crippen molar-refractivity contribution in [1.29, 1.82) is 0 Å². The molecule has 0 aromatic carbocycles. The lowest BCUT2D eigenvalue weighted by Gasteiger charge is -2.17. The minimum absolute atomic E-state index is 0.0123. The number of nitrogens with zero attached hydrogens (tertiary/aromatic N) is 1. The number of pyridine rings is 1. The minimum atomic E-state index is -0.540. The van der Waals surface area contributed by atoms with E-state index in [1.54, 1.807) is 0 Å². The van der Waals surface area contributed by atoms with E-state index in [1.165, 1.54) is 12.3 Å². The first-order valence-corrected chi connectivity index (χ1v) is 5.28. The standard InChI is InChI=1S/C10H12ClFN2O/c11-6-4-7(12)10(14-5-6)15-9-3-1-2-8(9)13/h4-5,8-9H,1-3,13H2. The molecule has 0 aliphatic heterocycles. The summed E-state index contributed by atoms with van der Waals surface area (Å²) >= 11 is 5.58. The summed E-state index contributed by atoms with van der Waals surface area (Å²) in [7, 11) is 0. The fourth-order valence-corrected chi connectivity index (χ4v) is 1.88. The van der Waals surface area contributed by atoms with Gasteiger partial charge in [0.05, 0.1) is 5.02 Å². The van der Waals surface area contributed by atoms with Crippen molar-refractivity contribution in [2.24, 2.45) is 5.73 Å². The maximum absolute atomic E-state index is 13.3. The predicted octanol–water partition coefficient (Wildman–Crippen LogP) is 2.13. The van der Waals surface area contributed by atoms with E-state index in [1.807, 2.05) is 0 Å². The molecule has 0 radical (unpaired) electrons. The molecule has 5 heteroatoms. The molecule has 1 saturated carbocycles. The van der Waals surface area contributed by atoms with E-state index in [-0.39, 0.29) is 23.0 Å². The van der Waals surface area contributed by atoms with Crippen molar-refractivity contribution in [2.75, 3.05) is 0 Å². The van der Waals surface area contributed by atoms with Gasteiger partial charge in [-0.3, -0.25) is 0 Å². The van der Waals surface area contributed by atoms with Gasteiger partial charge in [-0.05, 0) is 25.3 Å². The van der Waals surface area contributed by atoms with E-state index in [4.69, 9.17) is 22.1 Å². The van der Waals surface area contributed by atoms with Crippen LogP contribution in [0, 0.1) is 5.82 Å². The van der Waals surface area contributed by atoms with Crippen LogP contribution >= 0.6 is 11.6 Å². The predicted molar refractivity (Wildman–Crippen MR) is 55.4 cm³/mol. The number of halogens is 2. The normalized spacial score (nSPS) is 25.5. The topological polar surface area (TPSA) is 48.1 Å². The second-order valence-corrected chi connectivity index (χ2v) is 4.13. The zero-order chi connectivity index (χ0) is 10.8. The van der Waals surface area contributed by atoms with Crippen LogP contribution in [0.1, 0.15) is 19.3 Å². The Morgan fingerprint density at radius 2 is 2.33 bits per heavy atom. The molecule has 2 rings (SSSR count). The first-order chi connectivity index (χ1) is 7.16. The van der Waals surface area contributed by atoms with Crippen LogP contribution in [0.5, 0.6) is 5.88 Å². The highest BCUT2D eigenvalue weighted by Crippen LogP contribution is 2.25. The highest BCUT2D eigenvalue weighted by Gasteiger charge is 2.26. The first kappa shape index (κ1) is 10.6. The molecule has 1 aromatic heterocycles. The van der Waals surface area contributed by atoms with Crippen molar-refractivity contribution >= 4 is 11.6 Å². The van der Waals surface area contributed by atoms with Gasteiger partial charge in [0.2, 0.25) is 0 Å². The summed E-state index contributed by atoms with van der Waals surface area (Å²) in [5.74, 6) is -0.552. The van der Waals surface area contributed by atoms with Gasteiger partial charge in [-0.25, -0.2) is 9.37 Å². The Balaban J connectivity index is 2.10. The van der Waals surface area contributed by atoms with Crippen molar-refractivity contribution < 1.29 is 9.13 Å². The van der Waals surface area contributed by atoms with Crippen LogP contribution in [0.4, 0.5) is 4.39 Å². The largest absolute Gasteiger partial charge is 0.471 e. The summed E-state index contributed by atoms with van der Waals surface area (Å²) in [6.45, 7) is 0. The molecule has 1 aliphatic rings. The Labute approximate surface area is 92.4 Å². The van der Waals surface area contributed by atoms with Gasteiger partial charge in [0, 0.05) is 12.2 Å². The second kappa shape index (κ2) is 4.33. The molecule has 2 unspecified atom stereocenters. The molecule has 2 atom stereocenters. The number of rotatable bonds is 2. The fraction of sp³-hybridized carbons (Fsp3) is 0.500. The van der Waals surface area contributed by atoms with Crippen LogP contribution in [0.25, 0.3) is 0 Å². The zero-order valence-electron chi connectivity index (χ0n) is 8.12. The van der Waals surface area contributed by atoms with Crippen LogP contribution in [0.3, 0.4) is 0 Å². The third kappa shape index (κ3) is 2.38.